The highest BCUT2D eigenvalue weighted by Crippen LogP contribution is 2.28. The first-order chi connectivity index (χ1) is 14.5. The number of aryl methyl sites for hydroxylation is 1. The Labute approximate surface area is 180 Å². The second kappa shape index (κ2) is 8.40. The first-order valence-corrected chi connectivity index (χ1v) is 10.5. The number of carbonyl (C=O) groups is 2. The Balaban J connectivity index is 1.53. The van der Waals surface area contributed by atoms with Crippen LogP contribution in [-0.2, 0) is 17.8 Å². The van der Waals surface area contributed by atoms with Gasteiger partial charge < -0.3 is 19.5 Å². The maximum Gasteiger partial charge on any atom is 0.352 e. The summed E-state index contributed by atoms with van der Waals surface area (Å²) in [6.45, 7) is 5.08. The van der Waals surface area contributed by atoms with E-state index in [0.717, 1.165) is 16.6 Å². The lowest BCUT2D eigenvalue weighted by molar-refractivity contribution is -0.130. The van der Waals surface area contributed by atoms with Gasteiger partial charge in [-0.15, -0.1) is 0 Å². The minimum Gasteiger partial charge on any atom is -0.477 e. The van der Waals surface area contributed by atoms with E-state index in [2.05, 4.69) is 4.90 Å². The Morgan fingerprint density at radius 1 is 1.03 bits per heavy atom. The van der Waals surface area contributed by atoms with Gasteiger partial charge in [0, 0.05) is 59.9 Å². The molecule has 0 spiro atoms. The SMILES string of the molecule is CCn1c(C(=O)O)c(CC(=O)N2CCN(c3cccc(Cl)c3)CC2)c2ccccc21. The van der Waals surface area contributed by atoms with Crippen molar-refractivity contribution in [3.05, 3.63) is 64.8 Å². The Hall–Kier alpha value is -2.99. The van der Waals surface area contributed by atoms with E-state index in [9.17, 15) is 14.7 Å². The summed E-state index contributed by atoms with van der Waals surface area (Å²) in [6.07, 6.45) is 0.0896. The van der Waals surface area contributed by atoms with E-state index in [1.54, 1.807) is 4.57 Å². The van der Waals surface area contributed by atoms with E-state index < -0.39 is 5.97 Å². The number of aromatic carboxylic acids is 1. The van der Waals surface area contributed by atoms with Crippen LogP contribution < -0.4 is 4.90 Å². The van der Waals surface area contributed by atoms with E-state index in [-0.39, 0.29) is 18.0 Å². The van der Waals surface area contributed by atoms with Crippen LogP contribution in [0.1, 0.15) is 23.0 Å². The van der Waals surface area contributed by atoms with Crippen LogP contribution >= 0.6 is 11.6 Å². The molecule has 3 aromatic rings. The first kappa shape index (κ1) is 20.3. The van der Waals surface area contributed by atoms with Crippen molar-refractivity contribution in [2.24, 2.45) is 0 Å². The number of carboxylic acids is 1. The lowest BCUT2D eigenvalue weighted by Gasteiger charge is -2.36. The molecule has 2 aromatic carbocycles. The predicted octanol–water partition coefficient (Wildman–Crippen LogP) is 3.90. The standard InChI is InChI=1S/C23H24ClN3O3/c1-2-27-20-9-4-3-8-18(20)19(22(27)23(29)30)15-21(28)26-12-10-25(11-13-26)17-7-5-6-16(24)14-17/h3-9,14H,2,10-13,15H2,1H3,(H,29,30). The van der Waals surface area contributed by atoms with Gasteiger partial charge in [0.05, 0.1) is 6.42 Å². The van der Waals surface area contributed by atoms with Crippen molar-refractivity contribution < 1.29 is 14.7 Å². The zero-order valence-electron chi connectivity index (χ0n) is 16.8. The van der Waals surface area contributed by atoms with Gasteiger partial charge in [0.25, 0.3) is 0 Å². The quantitative estimate of drug-likeness (QED) is 0.673. The first-order valence-electron chi connectivity index (χ1n) is 10.1. The molecule has 0 aliphatic carbocycles. The van der Waals surface area contributed by atoms with Crippen molar-refractivity contribution in [2.75, 3.05) is 31.1 Å². The molecule has 1 aromatic heterocycles. The second-order valence-electron chi connectivity index (χ2n) is 7.42. The summed E-state index contributed by atoms with van der Waals surface area (Å²) in [5, 5.41) is 11.4. The van der Waals surface area contributed by atoms with Crippen molar-refractivity contribution in [1.29, 1.82) is 0 Å². The van der Waals surface area contributed by atoms with Crippen LogP contribution in [-0.4, -0.2) is 52.6 Å². The van der Waals surface area contributed by atoms with Crippen LogP contribution in [0.25, 0.3) is 10.9 Å². The molecule has 1 amide bonds. The molecule has 4 rings (SSSR count). The number of carboxylic acid groups (broad SMARTS) is 1. The molecule has 1 fully saturated rings. The Bertz CT molecular complexity index is 1100. The Morgan fingerprint density at radius 3 is 2.43 bits per heavy atom. The third-order valence-corrected chi connectivity index (χ3v) is 5.96. The van der Waals surface area contributed by atoms with Gasteiger partial charge in [0.15, 0.2) is 0 Å². The summed E-state index contributed by atoms with van der Waals surface area (Å²) in [6, 6.07) is 15.3. The fourth-order valence-corrected chi connectivity index (χ4v) is 4.46. The van der Waals surface area contributed by atoms with Gasteiger partial charge >= 0.3 is 5.97 Å². The number of aromatic nitrogens is 1. The minimum atomic E-state index is -0.998. The summed E-state index contributed by atoms with van der Waals surface area (Å²) < 4.78 is 1.78. The number of fused-ring (bicyclic) bond motifs is 1. The van der Waals surface area contributed by atoms with Crippen LogP contribution in [0.15, 0.2) is 48.5 Å². The number of halogens is 1. The Kier molecular flexibility index (Phi) is 5.68. The highest BCUT2D eigenvalue weighted by Gasteiger charge is 2.27. The lowest BCUT2D eigenvalue weighted by Crippen LogP contribution is -2.49. The summed E-state index contributed by atoms with van der Waals surface area (Å²) in [5.41, 5.74) is 2.71. The summed E-state index contributed by atoms with van der Waals surface area (Å²) >= 11 is 6.09. The molecule has 156 valence electrons. The molecule has 0 bridgehead atoms. The molecular weight excluding hydrogens is 402 g/mol. The van der Waals surface area contributed by atoms with E-state index in [1.165, 1.54) is 0 Å². The number of anilines is 1. The number of amides is 1. The molecule has 1 aliphatic rings. The van der Waals surface area contributed by atoms with Crippen LogP contribution in [0.5, 0.6) is 0 Å². The van der Waals surface area contributed by atoms with E-state index in [4.69, 9.17) is 11.6 Å². The van der Waals surface area contributed by atoms with Crippen LogP contribution in [0.2, 0.25) is 5.02 Å². The average molecular weight is 426 g/mol. The zero-order valence-corrected chi connectivity index (χ0v) is 17.6. The van der Waals surface area contributed by atoms with Crippen molar-refractivity contribution in [1.82, 2.24) is 9.47 Å². The molecule has 6 nitrogen and oxygen atoms in total. The van der Waals surface area contributed by atoms with Crippen LogP contribution in [0.3, 0.4) is 0 Å². The molecule has 2 heterocycles. The van der Waals surface area contributed by atoms with Crippen molar-refractivity contribution in [3.8, 4) is 0 Å². The predicted molar refractivity (Wildman–Crippen MR) is 119 cm³/mol. The lowest BCUT2D eigenvalue weighted by atomic mass is 10.1. The van der Waals surface area contributed by atoms with Crippen molar-refractivity contribution in [3.63, 3.8) is 0 Å². The van der Waals surface area contributed by atoms with Gasteiger partial charge in [0.1, 0.15) is 5.69 Å². The fraction of sp³-hybridized carbons (Fsp3) is 0.304. The van der Waals surface area contributed by atoms with E-state index in [0.29, 0.717) is 43.3 Å². The fourth-order valence-electron chi connectivity index (χ4n) is 4.28. The number of rotatable bonds is 5. The van der Waals surface area contributed by atoms with Crippen LogP contribution in [0, 0.1) is 0 Å². The highest BCUT2D eigenvalue weighted by atomic mass is 35.5. The monoisotopic (exact) mass is 425 g/mol. The molecular formula is C23H24ClN3O3. The summed E-state index contributed by atoms with van der Waals surface area (Å²) in [5.74, 6) is -1.04. The molecule has 0 saturated carbocycles. The topological polar surface area (TPSA) is 65.8 Å². The van der Waals surface area contributed by atoms with Gasteiger partial charge in [-0.3, -0.25) is 4.79 Å². The molecule has 7 heteroatoms. The normalized spacial score (nSPS) is 14.3. The van der Waals surface area contributed by atoms with Gasteiger partial charge in [-0.25, -0.2) is 4.79 Å². The van der Waals surface area contributed by atoms with Gasteiger partial charge in [0.2, 0.25) is 5.91 Å². The number of nitrogens with zero attached hydrogens (tertiary/aromatic N) is 3. The van der Waals surface area contributed by atoms with Crippen LogP contribution in [0.4, 0.5) is 5.69 Å². The van der Waals surface area contributed by atoms with Gasteiger partial charge in [-0.05, 0) is 31.2 Å². The molecule has 0 radical (unpaired) electrons. The molecule has 0 atom stereocenters. The van der Waals surface area contributed by atoms with E-state index in [1.807, 2.05) is 60.4 Å². The largest absolute Gasteiger partial charge is 0.477 e. The molecule has 1 N–H and O–H groups in total. The smallest absolute Gasteiger partial charge is 0.352 e. The van der Waals surface area contributed by atoms with Gasteiger partial charge in [-0.2, -0.15) is 0 Å². The average Bonchev–Trinajstić information content (AvgIpc) is 3.07. The van der Waals surface area contributed by atoms with E-state index >= 15 is 0 Å². The number of hydrogen-bond donors (Lipinski definition) is 1. The van der Waals surface area contributed by atoms with Crippen molar-refractivity contribution in [2.45, 2.75) is 19.9 Å². The maximum absolute atomic E-state index is 13.1. The Morgan fingerprint density at radius 2 is 1.77 bits per heavy atom. The maximum atomic E-state index is 13.1. The molecule has 30 heavy (non-hydrogen) atoms. The number of benzene rings is 2. The van der Waals surface area contributed by atoms with Gasteiger partial charge in [-0.1, -0.05) is 35.9 Å². The third kappa shape index (κ3) is 3.75. The molecule has 0 unspecified atom stereocenters. The molecule has 1 aliphatic heterocycles. The minimum absolute atomic E-state index is 0.0396. The number of para-hydroxylation sites is 1. The second-order valence-corrected chi connectivity index (χ2v) is 7.85. The highest BCUT2D eigenvalue weighted by molar-refractivity contribution is 6.30. The number of hydrogen-bond acceptors (Lipinski definition) is 3. The summed E-state index contributed by atoms with van der Waals surface area (Å²) in [4.78, 5) is 29.1. The molecule has 1 saturated heterocycles. The zero-order chi connectivity index (χ0) is 21.3. The third-order valence-electron chi connectivity index (χ3n) is 5.73. The summed E-state index contributed by atoms with van der Waals surface area (Å²) in [7, 11) is 0. The number of piperazine rings is 1. The number of carbonyl (C=O) groups excluding carboxylic acids is 1. The van der Waals surface area contributed by atoms with Crippen molar-refractivity contribution >= 4 is 40.1 Å².